The molecule has 1 atom stereocenters. The van der Waals surface area contributed by atoms with Crippen LogP contribution in [0.3, 0.4) is 0 Å². The van der Waals surface area contributed by atoms with Crippen LogP contribution >= 0.6 is 23.4 Å². The first kappa shape index (κ1) is 19.6. The molecule has 3 nitrogen and oxygen atoms in total. The minimum atomic E-state index is -0.577. The van der Waals surface area contributed by atoms with E-state index in [-0.39, 0.29) is 11.7 Å². The summed E-state index contributed by atoms with van der Waals surface area (Å²) < 4.78 is 19.3. The molecule has 2 rings (SSSR count). The fourth-order valence-electron chi connectivity index (χ4n) is 2.17. The Hall–Kier alpha value is -1.72. The number of nitrogens with one attached hydrogen (secondary N) is 1. The summed E-state index contributed by atoms with van der Waals surface area (Å²) in [7, 11) is 0. The van der Waals surface area contributed by atoms with Gasteiger partial charge in [-0.2, -0.15) is 11.8 Å². The maximum atomic E-state index is 13.6. The number of carbonyl (C=O) groups excluding carboxylic acids is 1. The SMILES string of the molecule is Cc1ccccc1OC(C)C(=O)NCCSCc1c(F)cccc1Cl. The van der Waals surface area contributed by atoms with Gasteiger partial charge in [0.15, 0.2) is 6.10 Å². The number of halogens is 2. The Morgan fingerprint density at radius 1 is 1.28 bits per heavy atom. The molecule has 25 heavy (non-hydrogen) atoms. The van der Waals surface area contributed by atoms with Gasteiger partial charge in [-0.3, -0.25) is 4.79 Å². The zero-order valence-electron chi connectivity index (χ0n) is 14.2. The number of aryl methyl sites for hydroxylation is 1. The number of ether oxygens (including phenoxy) is 1. The molecule has 2 aromatic rings. The predicted octanol–water partition coefficient (Wildman–Crippen LogP) is 4.60. The van der Waals surface area contributed by atoms with Crippen molar-refractivity contribution in [3.05, 3.63) is 64.4 Å². The standard InChI is InChI=1S/C19H21ClFNO2S/c1-13-6-3-4-9-18(13)24-14(2)19(23)22-10-11-25-12-15-16(20)7-5-8-17(15)21/h3-9,14H,10-12H2,1-2H3,(H,22,23). The van der Waals surface area contributed by atoms with Crippen LogP contribution in [0.2, 0.25) is 5.02 Å². The monoisotopic (exact) mass is 381 g/mol. The molecule has 0 bridgehead atoms. The first-order valence-electron chi connectivity index (χ1n) is 7.99. The van der Waals surface area contributed by atoms with Gasteiger partial charge in [0.2, 0.25) is 0 Å². The molecule has 0 aromatic heterocycles. The van der Waals surface area contributed by atoms with Gasteiger partial charge in [-0.05, 0) is 37.6 Å². The van der Waals surface area contributed by atoms with E-state index in [0.717, 1.165) is 5.56 Å². The molecule has 0 aliphatic rings. The number of amides is 1. The first-order chi connectivity index (χ1) is 12.0. The van der Waals surface area contributed by atoms with E-state index in [1.807, 2.05) is 31.2 Å². The third kappa shape index (κ3) is 5.94. The average molecular weight is 382 g/mol. The highest BCUT2D eigenvalue weighted by Gasteiger charge is 2.15. The summed E-state index contributed by atoms with van der Waals surface area (Å²) in [6.07, 6.45) is -0.577. The van der Waals surface area contributed by atoms with Gasteiger partial charge in [0.05, 0.1) is 0 Å². The second kappa shape index (κ2) is 9.68. The van der Waals surface area contributed by atoms with Crippen molar-refractivity contribution in [2.75, 3.05) is 12.3 Å². The van der Waals surface area contributed by atoms with Gasteiger partial charge in [0, 0.05) is 28.6 Å². The smallest absolute Gasteiger partial charge is 0.260 e. The van der Waals surface area contributed by atoms with Crippen LogP contribution in [0.4, 0.5) is 4.39 Å². The highest BCUT2D eigenvalue weighted by molar-refractivity contribution is 7.98. The van der Waals surface area contributed by atoms with Crippen LogP contribution < -0.4 is 10.1 Å². The molecule has 0 aliphatic carbocycles. The van der Waals surface area contributed by atoms with Gasteiger partial charge in [-0.1, -0.05) is 35.9 Å². The van der Waals surface area contributed by atoms with Crippen molar-refractivity contribution in [2.24, 2.45) is 0 Å². The second-order valence-corrected chi connectivity index (χ2v) is 7.08. The Kier molecular flexibility index (Phi) is 7.59. The lowest BCUT2D eigenvalue weighted by Crippen LogP contribution is -2.37. The highest BCUT2D eigenvalue weighted by Crippen LogP contribution is 2.23. The Bertz CT molecular complexity index is 706. The van der Waals surface area contributed by atoms with Gasteiger partial charge >= 0.3 is 0 Å². The summed E-state index contributed by atoms with van der Waals surface area (Å²) in [4.78, 5) is 12.1. The Balaban J connectivity index is 1.71. The lowest BCUT2D eigenvalue weighted by molar-refractivity contribution is -0.127. The summed E-state index contributed by atoms with van der Waals surface area (Å²) >= 11 is 7.50. The maximum absolute atomic E-state index is 13.6. The van der Waals surface area contributed by atoms with E-state index in [1.54, 1.807) is 19.1 Å². The Morgan fingerprint density at radius 2 is 2.04 bits per heavy atom. The molecule has 0 heterocycles. The zero-order valence-corrected chi connectivity index (χ0v) is 15.8. The van der Waals surface area contributed by atoms with Crippen molar-refractivity contribution in [3.8, 4) is 5.75 Å². The Morgan fingerprint density at radius 3 is 2.76 bits per heavy atom. The van der Waals surface area contributed by atoms with Crippen molar-refractivity contribution in [1.29, 1.82) is 0 Å². The summed E-state index contributed by atoms with van der Waals surface area (Å²) in [5.41, 5.74) is 1.48. The molecule has 1 N–H and O–H groups in total. The fourth-order valence-corrected chi connectivity index (χ4v) is 3.36. The molecule has 0 radical (unpaired) electrons. The van der Waals surface area contributed by atoms with Crippen LogP contribution in [0.1, 0.15) is 18.1 Å². The van der Waals surface area contributed by atoms with Crippen LogP contribution in [-0.4, -0.2) is 24.3 Å². The minimum Gasteiger partial charge on any atom is -0.481 e. The molecule has 0 saturated carbocycles. The van der Waals surface area contributed by atoms with Crippen LogP contribution in [0.25, 0.3) is 0 Å². The number of hydrogen-bond acceptors (Lipinski definition) is 3. The maximum Gasteiger partial charge on any atom is 0.260 e. The van der Waals surface area contributed by atoms with Crippen molar-refractivity contribution >= 4 is 29.3 Å². The van der Waals surface area contributed by atoms with E-state index in [1.165, 1.54) is 17.8 Å². The van der Waals surface area contributed by atoms with Gasteiger partial charge < -0.3 is 10.1 Å². The first-order valence-corrected chi connectivity index (χ1v) is 9.53. The highest BCUT2D eigenvalue weighted by atomic mass is 35.5. The molecule has 2 aromatic carbocycles. The van der Waals surface area contributed by atoms with Crippen LogP contribution in [-0.2, 0) is 10.5 Å². The minimum absolute atomic E-state index is 0.173. The third-order valence-electron chi connectivity index (χ3n) is 3.62. The molecular formula is C19H21ClFNO2S. The van der Waals surface area contributed by atoms with E-state index in [0.29, 0.717) is 34.4 Å². The lowest BCUT2D eigenvalue weighted by atomic mass is 10.2. The predicted molar refractivity (Wildman–Crippen MR) is 102 cm³/mol. The van der Waals surface area contributed by atoms with E-state index >= 15 is 0 Å². The van der Waals surface area contributed by atoms with E-state index in [4.69, 9.17) is 16.3 Å². The van der Waals surface area contributed by atoms with Crippen molar-refractivity contribution in [2.45, 2.75) is 25.7 Å². The number of benzene rings is 2. The normalized spacial score (nSPS) is 11.8. The summed E-state index contributed by atoms with van der Waals surface area (Å²) in [5, 5.41) is 3.25. The molecule has 0 fully saturated rings. The number of hydrogen-bond donors (Lipinski definition) is 1. The van der Waals surface area contributed by atoms with Crippen LogP contribution in [0, 0.1) is 12.7 Å². The zero-order chi connectivity index (χ0) is 18.2. The number of rotatable bonds is 8. The van der Waals surface area contributed by atoms with Gasteiger partial charge in [-0.25, -0.2) is 4.39 Å². The molecule has 1 unspecified atom stereocenters. The van der Waals surface area contributed by atoms with Gasteiger partial charge in [0.25, 0.3) is 5.91 Å². The molecule has 1 amide bonds. The molecule has 0 aliphatic heterocycles. The number of para-hydroxylation sites is 1. The van der Waals surface area contributed by atoms with E-state index in [2.05, 4.69) is 5.32 Å². The molecule has 134 valence electrons. The molecule has 0 saturated heterocycles. The Labute approximate surface area is 156 Å². The van der Waals surface area contributed by atoms with Crippen molar-refractivity contribution in [3.63, 3.8) is 0 Å². The van der Waals surface area contributed by atoms with Crippen molar-refractivity contribution < 1.29 is 13.9 Å². The number of thioether (sulfide) groups is 1. The van der Waals surface area contributed by atoms with E-state index in [9.17, 15) is 9.18 Å². The summed E-state index contributed by atoms with van der Waals surface area (Å²) in [6.45, 7) is 4.13. The summed E-state index contributed by atoms with van der Waals surface area (Å²) in [5.74, 6) is 1.36. The van der Waals surface area contributed by atoms with Crippen LogP contribution in [0.15, 0.2) is 42.5 Å². The third-order valence-corrected chi connectivity index (χ3v) is 4.96. The quantitative estimate of drug-likeness (QED) is 0.679. The van der Waals surface area contributed by atoms with E-state index < -0.39 is 6.10 Å². The summed E-state index contributed by atoms with van der Waals surface area (Å²) in [6, 6.07) is 12.2. The number of carbonyl (C=O) groups is 1. The second-order valence-electron chi connectivity index (χ2n) is 5.57. The van der Waals surface area contributed by atoms with Crippen molar-refractivity contribution in [1.82, 2.24) is 5.32 Å². The fraction of sp³-hybridized carbons (Fsp3) is 0.316. The average Bonchev–Trinajstić information content (AvgIpc) is 2.58. The van der Waals surface area contributed by atoms with Crippen LogP contribution in [0.5, 0.6) is 5.75 Å². The van der Waals surface area contributed by atoms with Gasteiger partial charge in [0.1, 0.15) is 11.6 Å². The van der Waals surface area contributed by atoms with Gasteiger partial charge in [-0.15, -0.1) is 0 Å². The molecule has 6 heteroatoms. The topological polar surface area (TPSA) is 38.3 Å². The lowest BCUT2D eigenvalue weighted by Gasteiger charge is -2.16. The largest absolute Gasteiger partial charge is 0.481 e. The molecule has 0 spiro atoms. The molecular weight excluding hydrogens is 361 g/mol.